The highest BCUT2D eigenvalue weighted by atomic mass is 16.6. The summed E-state index contributed by atoms with van der Waals surface area (Å²) in [7, 11) is 0. The number of rotatable bonds is 53. The van der Waals surface area contributed by atoms with Crippen LogP contribution in [-0.2, 0) is 28.6 Å². The molecule has 0 aromatic heterocycles. The molecule has 0 amide bonds. The van der Waals surface area contributed by atoms with Crippen LogP contribution >= 0.6 is 0 Å². The number of ether oxygens (including phenoxy) is 3. The van der Waals surface area contributed by atoms with Gasteiger partial charge in [0.25, 0.3) is 0 Å². The second kappa shape index (κ2) is 51.3. The molecule has 392 valence electrons. The van der Waals surface area contributed by atoms with E-state index in [1.165, 1.54) is 212 Å². The van der Waals surface area contributed by atoms with Gasteiger partial charge in [-0.05, 0) is 37.0 Å². The van der Waals surface area contributed by atoms with Crippen molar-refractivity contribution in [2.75, 3.05) is 13.2 Å². The van der Waals surface area contributed by atoms with Gasteiger partial charge in [0, 0.05) is 19.3 Å². The Kier molecular flexibility index (Phi) is 50.0. The molecule has 0 aromatic carbocycles. The zero-order valence-corrected chi connectivity index (χ0v) is 45.5. The van der Waals surface area contributed by atoms with Crippen LogP contribution in [0.15, 0.2) is 0 Å². The highest BCUT2D eigenvalue weighted by Crippen LogP contribution is 2.19. The average Bonchev–Trinajstić information content (AvgIpc) is 3.30. The van der Waals surface area contributed by atoms with E-state index in [0.717, 1.165) is 75.5 Å². The maximum atomic E-state index is 12.9. The number of unbranched alkanes of at least 4 members (excludes halogenated alkanes) is 34. The van der Waals surface area contributed by atoms with Crippen molar-refractivity contribution in [3.63, 3.8) is 0 Å². The van der Waals surface area contributed by atoms with Gasteiger partial charge in [-0.1, -0.05) is 292 Å². The van der Waals surface area contributed by atoms with Crippen molar-refractivity contribution in [3.8, 4) is 0 Å². The lowest BCUT2D eigenvalue weighted by atomic mass is 9.99. The van der Waals surface area contributed by atoms with Crippen molar-refractivity contribution in [3.05, 3.63) is 0 Å². The van der Waals surface area contributed by atoms with Crippen molar-refractivity contribution in [2.45, 2.75) is 337 Å². The monoisotopic (exact) mass is 933 g/mol. The van der Waals surface area contributed by atoms with Crippen molar-refractivity contribution < 1.29 is 28.6 Å². The Morgan fingerprint density at radius 3 is 0.788 bits per heavy atom. The first kappa shape index (κ1) is 64.4. The third kappa shape index (κ3) is 50.3. The highest BCUT2D eigenvalue weighted by molar-refractivity contribution is 5.71. The minimum atomic E-state index is -0.764. The van der Waals surface area contributed by atoms with Crippen molar-refractivity contribution >= 4 is 17.9 Å². The Hall–Kier alpha value is -1.59. The van der Waals surface area contributed by atoms with Gasteiger partial charge in [0.1, 0.15) is 13.2 Å². The summed E-state index contributed by atoms with van der Waals surface area (Å²) in [6.45, 7) is 13.8. The van der Waals surface area contributed by atoms with E-state index in [-0.39, 0.29) is 31.1 Å². The number of carbonyl (C=O) groups is 3. The zero-order valence-electron chi connectivity index (χ0n) is 45.5. The zero-order chi connectivity index (χ0) is 48.4. The molecule has 0 saturated heterocycles. The molecule has 66 heavy (non-hydrogen) atoms. The number of hydrogen-bond acceptors (Lipinski definition) is 6. The summed E-state index contributed by atoms with van der Waals surface area (Å²) < 4.78 is 16.9. The van der Waals surface area contributed by atoms with Gasteiger partial charge >= 0.3 is 17.9 Å². The molecule has 0 aliphatic heterocycles. The second-order valence-electron chi connectivity index (χ2n) is 21.6. The SMILES string of the molecule is CCC(C)CCCCCCCCCCCCCCCCCCCCC(=O)O[C@H](COC(=O)CCCCCCCCCCCCC(C)CC)COC(=O)CCCCCCCCCCCC(C)C. The van der Waals surface area contributed by atoms with Gasteiger partial charge in [-0.2, -0.15) is 0 Å². The highest BCUT2D eigenvalue weighted by Gasteiger charge is 2.19. The summed E-state index contributed by atoms with van der Waals surface area (Å²) in [4.78, 5) is 38.1. The lowest BCUT2D eigenvalue weighted by Crippen LogP contribution is -2.30. The summed E-state index contributed by atoms with van der Waals surface area (Å²) in [5.74, 6) is 1.74. The Labute approximate surface area is 412 Å². The molecule has 0 saturated carbocycles. The minimum absolute atomic E-state index is 0.0640. The molecule has 0 fully saturated rings. The van der Waals surface area contributed by atoms with Crippen LogP contribution in [-0.4, -0.2) is 37.2 Å². The largest absolute Gasteiger partial charge is 0.462 e. The quantitative estimate of drug-likeness (QED) is 0.0343. The van der Waals surface area contributed by atoms with Gasteiger partial charge in [0.15, 0.2) is 6.10 Å². The number of esters is 3. The van der Waals surface area contributed by atoms with Gasteiger partial charge in [-0.25, -0.2) is 0 Å². The van der Waals surface area contributed by atoms with E-state index in [0.29, 0.717) is 19.3 Å². The molecule has 2 unspecified atom stereocenters. The van der Waals surface area contributed by atoms with Crippen LogP contribution in [0.3, 0.4) is 0 Å². The maximum Gasteiger partial charge on any atom is 0.306 e. The molecule has 0 aliphatic carbocycles. The Morgan fingerprint density at radius 2 is 0.530 bits per heavy atom. The average molecular weight is 934 g/mol. The van der Waals surface area contributed by atoms with Gasteiger partial charge in [0.2, 0.25) is 0 Å². The standard InChI is InChI=1S/C60H116O6/c1-7-55(5)47-41-35-29-23-17-15-13-11-9-10-12-14-16-18-26-33-39-45-51-60(63)66-57(53-65-59(62)50-44-38-32-27-21-22-28-34-40-46-54(3)4)52-64-58(61)49-43-37-31-25-20-19-24-30-36-42-48-56(6)8-2/h54-57H,7-53H2,1-6H3/t55?,56?,57-/m1/s1. The molecule has 0 rings (SSSR count). The van der Waals surface area contributed by atoms with E-state index in [1.807, 2.05) is 0 Å². The van der Waals surface area contributed by atoms with Crippen LogP contribution in [0.25, 0.3) is 0 Å². The summed E-state index contributed by atoms with van der Waals surface area (Å²) >= 11 is 0. The fourth-order valence-corrected chi connectivity index (χ4v) is 9.11. The third-order valence-corrected chi connectivity index (χ3v) is 14.4. The van der Waals surface area contributed by atoms with Crippen molar-refractivity contribution in [1.82, 2.24) is 0 Å². The van der Waals surface area contributed by atoms with Crippen LogP contribution < -0.4 is 0 Å². The van der Waals surface area contributed by atoms with Crippen LogP contribution in [0.5, 0.6) is 0 Å². The third-order valence-electron chi connectivity index (χ3n) is 14.4. The van der Waals surface area contributed by atoms with Crippen LogP contribution in [0.1, 0.15) is 330 Å². The first-order valence-electron chi connectivity index (χ1n) is 29.7. The predicted molar refractivity (Wildman–Crippen MR) is 284 cm³/mol. The van der Waals surface area contributed by atoms with E-state index < -0.39 is 6.10 Å². The summed E-state index contributed by atoms with van der Waals surface area (Å²) in [5.41, 5.74) is 0. The fourth-order valence-electron chi connectivity index (χ4n) is 9.11. The Balaban J connectivity index is 4.25. The summed E-state index contributed by atoms with van der Waals surface area (Å²) in [6.07, 6.45) is 53.8. The molecule has 0 heterocycles. The van der Waals surface area contributed by atoms with E-state index >= 15 is 0 Å². The molecular formula is C60H116O6. The van der Waals surface area contributed by atoms with Crippen molar-refractivity contribution in [1.29, 1.82) is 0 Å². The van der Waals surface area contributed by atoms with E-state index in [4.69, 9.17) is 14.2 Å². The molecule has 0 N–H and O–H groups in total. The molecule has 0 bridgehead atoms. The van der Waals surface area contributed by atoms with Gasteiger partial charge in [-0.15, -0.1) is 0 Å². The van der Waals surface area contributed by atoms with E-state index in [1.54, 1.807) is 0 Å². The molecule has 6 heteroatoms. The Bertz CT molecular complexity index is 1030. The van der Waals surface area contributed by atoms with E-state index in [9.17, 15) is 14.4 Å². The minimum Gasteiger partial charge on any atom is -0.462 e. The van der Waals surface area contributed by atoms with Gasteiger partial charge in [0.05, 0.1) is 0 Å². The summed E-state index contributed by atoms with van der Waals surface area (Å²) in [5, 5.41) is 0. The predicted octanol–water partition coefficient (Wildman–Crippen LogP) is 19.5. The van der Waals surface area contributed by atoms with Gasteiger partial charge in [-0.3, -0.25) is 14.4 Å². The molecule has 3 atom stereocenters. The smallest absolute Gasteiger partial charge is 0.306 e. The molecular weight excluding hydrogens is 817 g/mol. The normalized spacial score (nSPS) is 13.0. The number of carbonyl (C=O) groups excluding carboxylic acids is 3. The topological polar surface area (TPSA) is 78.9 Å². The maximum absolute atomic E-state index is 12.9. The first-order chi connectivity index (χ1) is 32.2. The van der Waals surface area contributed by atoms with E-state index in [2.05, 4.69) is 41.5 Å². The summed E-state index contributed by atoms with van der Waals surface area (Å²) in [6, 6.07) is 0. The fraction of sp³-hybridized carbons (Fsp3) is 0.950. The molecule has 0 spiro atoms. The molecule has 0 radical (unpaired) electrons. The van der Waals surface area contributed by atoms with Crippen LogP contribution in [0.2, 0.25) is 0 Å². The first-order valence-corrected chi connectivity index (χ1v) is 29.7. The Morgan fingerprint density at radius 1 is 0.303 bits per heavy atom. The van der Waals surface area contributed by atoms with Gasteiger partial charge < -0.3 is 14.2 Å². The van der Waals surface area contributed by atoms with Crippen molar-refractivity contribution in [2.24, 2.45) is 17.8 Å². The second-order valence-corrected chi connectivity index (χ2v) is 21.6. The molecule has 0 aromatic rings. The van der Waals surface area contributed by atoms with Crippen LogP contribution in [0, 0.1) is 17.8 Å². The van der Waals surface area contributed by atoms with Crippen LogP contribution in [0.4, 0.5) is 0 Å². The molecule has 0 aliphatic rings. The number of hydrogen-bond donors (Lipinski definition) is 0. The molecule has 6 nitrogen and oxygen atoms in total. The lowest BCUT2D eigenvalue weighted by Gasteiger charge is -2.18. The lowest BCUT2D eigenvalue weighted by molar-refractivity contribution is -0.167.